The maximum Gasteiger partial charge on any atom is 0.488 e. The van der Waals surface area contributed by atoms with Crippen LogP contribution < -0.4 is 5.46 Å². The monoisotopic (exact) mass is 1420 g/mol. The Kier molecular flexibility index (Phi) is 15.1. The molecule has 0 amide bonds. The summed E-state index contributed by atoms with van der Waals surface area (Å²) in [5.41, 5.74) is 23.9. The van der Waals surface area contributed by atoms with E-state index in [2.05, 4.69) is 371 Å². The predicted octanol–water partition coefficient (Wildman–Crippen LogP) is 23.8. The second-order valence-corrected chi connectivity index (χ2v) is 27.9. The van der Waals surface area contributed by atoms with Gasteiger partial charge in [-0.2, -0.15) is 0 Å². The first kappa shape index (κ1) is 62.6. The van der Waals surface area contributed by atoms with Gasteiger partial charge < -0.3 is 37.5 Å². The molecule has 0 saturated heterocycles. The predicted molar refractivity (Wildman–Crippen MR) is 448 cm³/mol. The zero-order valence-electron chi connectivity index (χ0n) is 57.3. The lowest BCUT2D eigenvalue weighted by Gasteiger charge is -2.16. The third-order valence-electron chi connectivity index (χ3n) is 21.2. The summed E-state index contributed by atoms with van der Waals surface area (Å²) in [6.45, 7) is 0. The zero-order valence-corrected chi connectivity index (χ0v) is 58.9. The minimum absolute atomic E-state index is 0.486. The van der Waals surface area contributed by atoms with Crippen LogP contribution in [0.4, 0.5) is 0 Å². The van der Waals surface area contributed by atoms with Crippen molar-refractivity contribution < 1.29 is 10.0 Å². The second kappa shape index (κ2) is 25.6. The summed E-state index contributed by atoms with van der Waals surface area (Å²) in [7, 11) is -1.46. The van der Waals surface area contributed by atoms with Crippen molar-refractivity contribution in [2.24, 2.45) is 0 Å². The highest BCUT2D eigenvalue weighted by Gasteiger charge is 2.22. The van der Waals surface area contributed by atoms with Gasteiger partial charge in [0.05, 0.1) is 77.6 Å². The van der Waals surface area contributed by atoms with Crippen molar-refractivity contribution in [1.82, 2.24) is 27.4 Å². The Balaban J connectivity index is 0.000000116. The highest BCUT2D eigenvalue weighted by atomic mass is 79.9. The van der Waals surface area contributed by atoms with E-state index in [0.717, 1.165) is 43.9 Å². The molecule has 0 aliphatic carbocycles. The molecule has 0 aliphatic heterocycles. The molecule has 0 atom stereocenters. The Morgan fingerprint density at radius 3 is 0.821 bits per heavy atom. The fourth-order valence-electron chi connectivity index (χ4n) is 16.7. The van der Waals surface area contributed by atoms with Crippen LogP contribution in [0, 0.1) is 0 Å². The highest BCUT2D eigenvalue weighted by molar-refractivity contribution is 9.10. The molecule has 8 nitrogen and oxygen atoms in total. The second-order valence-electron chi connectivity index (χ2n) is 27.1. The molecule has 0 unspecified atom stereocenters. The van der Waals surface area contributed by atoms with Gasteiger partial charge in [-0.1, -0.05) is 237 Å². The molecule has 22 aromatic rings. The third-order valence-corrected chi connectivity index (χ3v) is 21.9. The van der Waals surface area contributed by atoms with E-state index in [1.165, 1.54) is 137 Å². The van der Waals surface area contributed by atoms with Crippen LogP contribution in [0.1, 0.15) is 0 Å². The van der Waals surface area contributed by atoms with E-state index >= 15 is 0 Å². The van der Waals surface area contributed by atoms with Crippen molar-refractivity contribution in [3.8, 4) is 45.3 Å². The molecule has 16 aromatic carbocycles. The number of benzene rings is 16. The van der Waals surface area contributed by atoms with Crippen molar-refractivity contribution in [2.45, 2.75) is 0 Å². The first-order valence-corrected chi connectivity index (χ1v) is 36.6. The van der Waals surface area contributed by atoms with Crippen molar-refractivity contribution in [2.75, 3.05) is 0 Å². The van der Waals surface area contributed by atoms with Gasteiger partial charge in [0.15, 0.2) is 0 Å². The van der Waals surface area contributed by atoms with E-state index in [0.29, 0.717) is 5.46 Å². The maximum absolute atomic E-state index is 9.42. The third kappa shape index (κ3) is 10.1. The lowest BCUT2D eigenvalue weighted by atomic mass is 9.80. The largest absolute Gasteiger partial charge is 0.488 e. The van der Waals surface area contributed by atoms with Crippen molar-refractivity contribution in [1.29, 1.82) is 0 Å². The Labute approximate surface area is 618 Å². The van der Waals surface area contributed by atoms with Crippen LogP contribution in [-0.2, 0) is 0 Å². The average molecular weight is 1420 g/mol. The zero-order chi connectivity index (χ0) is 70.5. The number of para-hydroxylation sites is 12. The van der Waals surface area contributed by atoms with E-state index in [9.17, 15) is 10.0 Å². The quantitative estimate of drug-likeness (QED) is 0.149. The number of hydrogen-bond acceptors (Lipinski definition) is 2. The standard InChI is InChI=1S/C48H31N3.C30H19BrN2.C18H14BNO2/c1-7-22-42(35(16-1)32-14-13-15-33(30-32)49-43-23-8-2-17-36(43)37-18-3-9-24-44(37)49)51-47-27-12-6-21-40(47)41-31-34(28-29-48(41)51)50-45-25-10-4-19-38(45)39-20-5-11-26-46(39)50;31-25-12-4-8-16-30(25)33-28-15-7-3-11-23(28)24-19-20(17-18-29(24)33)32-26-13-5-1-9-21(26)22-10-2-6-14-27(22)32;21-19(22)13-6-5-7-14(12-13)20-17-10-3-1-8-15(17)16-9-2-4-11-18(16)20/h1-31H;1-19H;1-12,21-22H. The topological polar surface area (TPSA) is 70.0 Å². The first-order chi connectivity index (χ1) is 52.4. The summed E-state index contributed by atoms with van der Waals surface area (Å²) in [5, 5.41) is 33.8. The number of fused-ring (bicyclic) bond motifs is 18. The summed E-state index contributed by atoms with van der Waals surface area (Å²) >= 11 is 3.76. The molecule has 500 valence electrons. The van der Waals surface area contributed by atoms with E-state index in [1.54, 1.807) is 6.07 Å². The van der Waals surface area contributed by atoms with E-state index in [1.807, 2.05) is 42.5 Å². The van der Waals surface area contributed by atoms with Crippen molar-refractivity contribution in [3.05, 3.63) is 381 Å². The SMILES string of the molecule is Brc1ccccc1-n1c2ccccc2c2cc(-n3c4ccccc4c4ccccc43)ccc21.OB(O)c1cccc(-n2c3ccccc3c3ccccc32)c1.c1cc(-c2ccccc2-n2c3ccccc3c3cc(-n4c5ccccc5c5ccccc54)ccc32)cc(-n2c3ccccc3c3ccccc32)c1. The first-order valence-electron chi connectivity index (χ1n) is 35.8. The molecular formula is C96H64BBrN6O2. The lowest BCUT2D eigenvalue weighted by molar-refractivity contribution is 0.425. The molecule has 10 heteroatoms. The Morgan fingerprint density at radius 2 is 0.462 bits per heavy atom. The number of nitrogens with zero attached hydrogens (tertiary/aromatic N) is 6. The van der Waals surface area contributed by atoms with Crippen LogP contribution in [0.5, 0.6) is 0 Å². The smallest absolute Gasteiger partial charge is 0.423 e. The van der Waals surface area contributed by atoms with Crippen LogP contribution in [0.2, 0.25) is 0 Å². The van der Waals surface area contributed by atoms with Gasteiger partial charge in [-0.3, -0.25) is 0 Å². The molecular weight excluding hydrogens is 1360 g/mol. The minimum Gasteiger partial charge on any atom is -0.423 e. The molecule has 6 heterocycles. The Morgan fingerprint density at radius 1 is 0.198 bits per heavy atom. The van der Waals surface area contributed by atoms with Gasteiger partial charge in [0, 0.05) is 97.4 Å². The molecule has 106 heavy (non-hydrogen) atoms. The van der Waals surface area contributed by atoms with Crippen LogP contribution in [-0.4, -0.2) is 44.6 Å². The molecule has 0 aliphatic rings. The van der Waals surface area contributed by atoms with Crippen LogP contribution in [0.15, 0.2) is 381 Å². The number of hydrogen-bond donors (Lipinski definition) is 2. The molecule has 0 bridgehead atoms. The van der Waals surface area contributed by atoms with Gasteiger partial charge in [0.2, 0.25) is 0 Å². The lowest BCUT2D eigenvalue weighted by Crippen LogP contribution is -2.29. The van der Waals surface area contributed by atoms with Crippen LogP contribution in [0.3, 0.4) is 0 Å². The van der Waals surface area contributed by atoms with Gasteiger partial charge in [0.25, 0.3) is 0 Å². The van der Waals surface area contributed by atoms with Crippen LogP contribution in [0.25, 0.3) is 176 Å². The van der Waals surface area contributed by atoms with Gasteiger partial charge in [-0.25, -0.2) is 0 Å². The van der Waals surface area contributed by atoms with E-state index < -0.39 is 7.12 Å². The summed E-state index contributed by atoms with van der Waals surface area (Å²) in [5.74, 6) is 0. The minimum atomic E-state index is -1.46. The summed E-state index contributed by atoms with van der Waals surface area (Å²) < 4.78 is 15.2. The normalized spacial score (nSPS) is 11.7. The summed E-state index contributed by atoms with van der Waals surface area (Å²) in [6, 6.07) is 134. The molecule has 0 spiro atoms. The Bertz CT molecular complexity index is 7030. The summed E-state index contributed by atoms with van der Waals surface area (Å²) in [4.78, 5) is 0. The number of aromatic nitrogens is 6. The fraction of sp³-hybridized carbons (Fsp3) is 0. The van der Waals surface area contributed by atoms with Gasteiger partial charge in [0.1, 0.15) is 0 Å². The number of halogens is 1. The van der Waals surface area contributed by atoms with Gasteiger partial charge in [-0.05, 0) is 166 Å². The van der Waals surface area contributed by atoms with E-state index in [-0.39, 0.29) is 0 Å². The van der Waals surface area contributed by atoms with Crippen molar-refractivity contribution >= 4 is 159 Å². The highest BCUT2D eigenvalue weighted by Crippen LogP contribution is 2.43. The maximum atomic E-state index is 9.42. The molecule has 0 saturated carbocycles. The number of rotatable bonds is 8. The van der Waals surface area contributed by atoms with E-state index in [4.69, 9.17) is 0 Å². The molecule has 0 fully saturated rings. The van der Waals surface area contributed by atoms with Gasteiger partial charge >= 0.3 is 7.12 Å². The molecule has 6 aromatic heterocycles. The molecule has 22 rings (SSSR count). The van der Waals surface area contributed by atoms with Crippen molar-refractivity contribution in [3.63, 3.8) is 0 Å². The molecule has 0 radical (unpaired) electrons. The van der Waals surface area contributed by atoms with Crippen LogP contribution >= 0.6 is 15.9 Å². The molecule has 2 N–H and O–H groups in total. The van der Waals surface area contributed by atoms with Gasteiger partial charge in [-0.15, -0.1) is 0 Å². The Hall–Kier alpha value is -13.2. The fourth-order valence-corrected chi connectivity index (χ4v) is 17.2. The average Bonchev–Trinajstić information content (AvgIpc) is 1.58. The summed E-state index contributed by atoms with van der Waals surface area (Å²) in [6.07, 6.45) is 0.